The van der Waals surface area contributed by atoms with Gasteiger partial charge in [-0.25, -0.2) is 0 Å². The van der Waals surface area contributed by atoms with Gasteiger partial charge in [0.2, 0.25) is 11.8 Å². The van der Waals surface area contributed by atoms with E-state index in [1.54, 1.807) is 12.0 Å². The van der Waals surface area contributed by atoms with Crippen LogP contribution in [0.1, 0.15) is 19.8 Å². The van der Waals surface area contributed by atoms with Crippen molar-refractivity contribution >= 4 is 11.8 Å². The summed E-state index contributed by atoms with van der Waals surface area (Å²) in [5, 5.41) is 2.69. The van der Waals surface area contributed by atoms with Crippen molar-refractivity contribution in [1.29, 1.82) is 0 Å². The lowest BCUT2D eigenvalue weighted by atomic mass is 10.2. The first-order valence-corrected chi connectivity index (χ1v) is 5.20. The van der Waals surface area contributed by atoms with E-state index in [9.17, 15) is 9.59 Å². The highest BCUT2D eigenvalue weighted by molar-refractivity contribution is 5.85. The average molecular weight is 214 g/mol. The van der Waals surface area contributed by atoms with Crippen LogP contribution >= 0.6 is 0 Å². The standard InChI is InChI=1S/C10H18N2O3/c1-8(15-2)3-4-10(14)12-6-5-11-9(13)7-12/h8H,3-7H2,1-2H3,(H,11,13). The van der Waals surface area contributed by atoms with Gasteiger partial charge in [0.1, 0.15) is 0 Å². The van der Waals surface area contributed by atoms with Crippen LogP contribution in [0, 0.1) is 0 Å². The summed E-state index contributed by atoms with van der Waals surface area (Å²) in [5.74, 6) is -0.0388. The molecular formula is C10H18N2O3. The van der Waals surface area contributed by atoms with Crippen molar-refractivity contribution in [2.24, 2.45) is 0 Å². The fourth-order valence-corrected chi connectivity index (χ4v) is 1.45. The predicted octanol–water partition coefficient (Wildman–Crippen LogP) is -0.240. The highest BCUT2D eigenvalue weighted by atomic mass is 16.5. The Labute approximate surface area is 89.8 Å². The Morgan fingerprint density at radius 3 is 3.00 bits per heavy atom. The van der Waals surface area contributed by atoms with Gasteiger partial charge in [-0.1, -0.05) is 0 Å². The van der Waals surface area contributed by atoms with Gasteiger partial charge in [-0.2, -0.15) is 0 Å². The Morgan fingerprint density at radius 1 is 1.67 bits per heavy atom. The number of nitrogens with zero attached hydrogens (tertiary/aromatic N) is 1. The Bertz CT molecular complexity index is 243. The SMILES string of the molecule is COC(C)CCC(=O)N1CCNC(=O)C1. The Hall–Kier alpha value is -1.10. The fourth-order valence-electron chi connectivity index (χ4n) is 1.45. The van der Waals surface area contributed by atoms with Crippen LogP contribution in [-0.2, 0) is 14.3 Å². The zero-order chi connectivity index (χ0) is 11.3. The third-order valence-electron chi connectivity index (χ3n) is 2.56. The molecule has 0 aromatic carbocycles. The summed E-state index contributed by atoms with van der Waals surface area (Å²) in [6.45, 7) is 3.30. The number of hydrogen-bond acceptors (Lipinski definition) is 3. The summed E-state index contributed by atoms with van der Waals surface area (Å²) in [5.41, 5.74) is 0. The van der Waals surface area contributed by atoms with E-state index in [0.29, 0.717) is 25.9 Å². The van der Waals surface area contributed by atoms with Crippen LogP contribution in [0.5, 0.6) is 0 Å². The molecule has 1 rings (SSSR count). The van der Waals surface area contributed by atoms with Gasteiger partial charge >= 0.3 is 0 Å². The molecule has 1 aliphatic rings. The molecule has 0 aliphatic carbocycles. The molecule has 1 atom stereocenters. The maximum atomic E-state index is 11.7. The molecule has 5 heteroatoms. The molecule has 1 N–H and O–H groups in total. The maximum absolute atomic E-state index is 11.7. The molecule has 1 saturated heterocycles. The average Bonchev–Trinajstić information content (AvgIpc) is 2.25. The van der Waals surface area contributed by atoms with Gasteiger partial charge in [0, 0.05) is 26.6 Å². The van der Waals surface area contributed by atoms with Crippen LogP contribution in [0.2, 0.25) is 0 Å². The molecule has 0 radical (unpaired) electrons. The van der Waals surface area contributed by atoms with Gasteiger partial charge in [0.15, 0.2) is 0 Å². The van der Waals surface area contributed by atoms with E-state index >= 15 is 0 Å². The molecule has 0 aromatic heterocycles. The number of carbonyl (C=O) groups is 2. The molecule has 86 valence electrons. The van der Waals surface area contributed by atoms with Gasteiger partial charge in [-0.3, -0.25) is 9.59 Å². The minimum Gasteiger partial charge on any atom is -0.382 e. The zero-order valence-corrected chi connectivity index (χ0v) is 9.28. The number of ether oxygens (including phenoxy) is 1. The predicted molar refractivity (Wildman–Crippen MR) is 55.3 cm³/mol. The van der Waals surface area contributed by atoms with Crippen molar-refractivity contribution < 1.29 is 14.3 Å². The van der Waals surface area contributed by atoms with Crippen molar-refractivity contribution in [3.05, 3.63) is 0 Å². The number of amides is 2. The molecule has 1 unspecified atom stereocenters. The number of piperazine rings is 1. The molecule has 1 fully saturated rings. The Morgan fingerprint density at radius 2 is 2.40 bits per heavy atom. The first-order valence-electron chi connectivity index (χ1n) is 5.20. The van der Waals surface area contributed by atoms with Gasteiger partial charge in [-0.05, 0) is 13.3 Å². The second-order valence-corrected chi connectivity index (χ2v) is 3.75. The summed E-state index contributed by atoms with van der Waals surface area (Å²) < 4.78 is 5.06. The summed E-state index contributed by atoms with van der Waals surface area (Å²) in [4.78, 5) is 24.3. The van der Waals surface area contributed by atoms with Gasteiger partial charge in [-0.15, -0.1) is 0 Å². The van der Waals surface area contributed by atoms with Crippen molar-refractivity contribution in [2.45, 2.75) is 25.9 Å². The summed E-state index contributed by atoms with van der Waals surface area (Å²) in [6, 6.07) is 0. The largest absolute Gasteiger partial charge is 0.382 e. The summed E-state index contributed by atoms with van der Waals surface area (Å²) in [7, 11) is 1.63. The quantitative estimate of drug-likeness (QED) is 0.702. The number of rotatable bonds is 4. The molecule has 1 aliphatic heterocycles. The lowest BCUT2D eigenvalue weighted by Gasteiger charge is -2.27. The van der Waals surface area contributed by atoms with E-state index in [1.807, 2.05) is 6.92 Å². The second kappa shape index (κ2) is 5.70. The highest BCUT2D eigenvalue weighted by Crippen LogP contribution is 2.04. The van der Waals surface area contributed by atoms with E-state index in [2.05, 4.69) is 5.32 Å². The van der Waals surface area contributed by atoms with E-state index in [4.69, 9.17) is 4.74 Å². The smallest absolute Gasteiger partial charge is 0.239 e. The normalized spacial score (nSPS) is 18.5. The Balaban J connectivity index is 2.30. The first kappa shape index (κ1) is 12.0. The van der Waals surface area contributed by atoms with Gasteiger partial charge in [0.25, 0.3) is 0 Å². The van der Waals surface area contributed by atoms with Gasteiger partial charge < -0.3 is 15.0 Å². The molecular weight excluding hydrogens is 196 g/mol. The monoisotopic (exact) mass is 214 g/mol. The van der Waals surface area contributed by atoms with Crippen molar-refractivity contribution in [3.63, 3.8) is 0 Å². The lowest BCUT2D eigenvalue weighted by molar-refractivity contribution is -0.138. The van der Waals surface area contributed by atoms with Crippen LogP contribution < -0.4 is 5.32 Å². The number of hydrogen-bond donors (Lipinski definition) is 1. The summed E-state index contributed by atoms with van der Waals surface area (Å²) in [6.07, 6.45) is 1.24. The van der Waals surface area contributed by atoms with Crippen LogP contribution in [0.4, 0.5) is 0 Å². The third kappa shape index (κ3) is 3.87. The van der Waals surface area contributed by atoms with Crippen LogP contribution in [0.3, 0.4) is 0 Å². The van der Waals surface area contributed by atoms with E-state index < -0.39 is 0 Å². The molecule has 0 saturated carbocycles. The number of methoxy groups -OCH3 is 1. The van der Waals surface area contributed by atoms with Crippen molar-refractivity contribution in [3.8, 4) is 0 Å². The molecule has 0 bridgehead atoms. The van der Waals surface area contributed by atoms with E-state index in [-0.39, 0.29) is 24.5 Å². The molecule has 2 amide bonds. The number of carbonyl (C=O) groups excluding carboxylic acids is 2. The van der Waals surface area contributed by atoms with Crippen LogP contribution in [-0.4, -0.2) is 49.6 Å². The summed E-state index contributed by atoms with van der Waals surface area (Å²) >= 11 is 0. The fraction of sp³-hybridized carbons (Fsp3) is 0.800. The molecule has 5 nitrogen and oxygen atoms in total. The molecule has 0 spiro atoms. The van der Waals surface area contributed by atoms with Gasteiger partial charge in [0.05, 0.1) is 12.6 Å². The zero-order valence-electron chi connectivity index (χ0n) is 9.28. The van der Waals surface area contributed by atoms with Crippen molar-refractivity contribution in [2.75, 3.05) is 26.7 Å². The number of nitrogens with one attached hydrogen (secondary N) is 1. The van der Waals surface area contributed by atoms with E-state index in [0.717, 1.165) is 0 Å². The minimum atomic E-state index is -0.0746. The second-order valence-electron chi connectivity index (χ2n) is 3.75. The molecule has 15 heavy (non-hydrogen) atoms. The topological polar surface area (TPSA) is 58.6 Å². The Kier molecular flexibility index (Phi) is 4.55. The van der Waals surface area contributed by atoms with Crippen molar-refractivity contribution in [1.82, 2.24) is 10.2 Å². The molecule has 0 aromatic rings. The van der Waals surface area contributed by atoms with E-state index in [1.165, 1.54) is 0 Å². The van der Waals surface area contributed by atoms with Crippen LogP contribution in [0.15, 0.2) is 0 Å². The highest BCUT2D eigenvalue weighted by Gasteiger charge is 2.20. The minimum absolute atomic E-state index is 0.0359. The first-order chi connectivity index (χ1) is 7.13. The van der Waals surface area contributed by atoms with Crippen LogP contribution in [0.25, 0.3) is 0 Å². The molecule has 1 heterocycles. The lowest BCUT2D eigenvalue weighted by Crippen LogP contribution is -2.50. The maximum Gasteiger partial charge on any atom is 0.239 e. The third-order valence-corrected chi connectivity index (χ3v) is 2.56.